The molecule has 1 aromatic rings. The first-order valence-electron chi connectivity index (χ1n) is 6.39. The van der Waals surface area contributed by atoms with E-state index in [1.165, 1.54) is 13.2 Å². The molecule has 0 saturated carbocycles. The zero-order valence-corrected chi connectivity index (χ0v) is 11.9. The van der Waals surface area contributed by atoms with Crippen LogP contribution >= 0.6 is 0 Å². The molecule has 3 nitrogen and oxygen atoms in total. The van der Waals surface area contributed by atoms with E-state index in [1.807, 2.05) is 0 Å². The molecule has 0 unspecified atom stereocenters. The van der Waals surface area contributed by atoms with E-state index >= 15 is 0 Å². The Kier molecular flexibility index (Phi) is 6.13. The van der Waals surface area contributed by atoms with Crippen LogP contribution in [0.5, 0.6) is 11.5 Å². The highest BCUT2D eigenvalue weighted by atomic mass is 19.4. The van der Waals surface area contributed by atoms with Gasteiger partial charge in [-0.15, -0.1) is 0 Å². The third-order valence-corrected chi connectivity index (χ3v) is 2.53. The lowest BCUT2D eigenvalue weighted by Gasteiger charge is -2.15. The fourth-order valence-corrected chi connectivity index (χ4v) is 1.60. The molecule has 20 heavy (non-hydrogen) atoms. The highest BCUT2D eigenvalue weighted by Gasteiger charge is 2.28. The summed E-state index contributed by atoms with van der Waals surface area (Å²) in [4.78, 5) is 0. The summed E-state index contributed by atoms with van der Waals surface area (Å²) in [6.45, 7) is 4.04. The zero-order valence-electron chi connectivity index (χ0n) is 11.9. The van der Waals surface area contributed by atoms with Crippen molar-refractivity contribution < 1.29 is 22.6 Å². The van der Waals surface area contributed by atoms with Crippen LogP contribution in [0, 0.1) is 5.92 Å². The SMILES string of the molecule is COc1ccc(CNCC(C)C)c(OCC(F)(F)F)c1. The van der Waals surface area contributed by atoms with Crippen molar-refractivity contribution in [2.24, 2.45) is 5.92 Å². The van der Waals surface area contributed by atoms with Crippen LogP contribution < -0.4 is 14.8 Å². The van der Waals surface area contributed by atoms with Crippen LogP contribution in [0.3, 0.4) is 0 Å². The molecular weight excluding hydrogens is 271 g/mol. The predicted molar refractivity (Wildman–Crippen MR) is 71.1 cm³/mol. The van der Waals surface area contributed by atoms with E-state index in [4.69, 9.17) is 9.47 Å². The van der Waals surface area contributed by atoms with Gasteiger partial charge in [-0.3, -0.25) is 0 Å². The second-order valence-corrected chi connectivity index (χ2v) is 4.90. The van der Waals surface area contributed by atoms with Crippen molar-refractivity contribution in [3.63, 3.8) is 0 Å². The Balaban J connectivity index is 2.75. The second-order valence-electron chi connectivity index (χ2n) is 4.90. The van der Waals surface area contributed by atoms with E-state index in [1.54, 1.807) is 12.1 Å². The molecule has 0 aliphatic rings. The molecule has 0 fully saturated rings. The maximum absolute atomic E-state index is 12.2. The minimum absolute atomic E-state index is 0.193. The molecule has 0 spiro atoms. The molecule has 1 rings (SSSR count). The summed E-state index contributed by atoms with van der Waals surface area (Å²) in [7, 11) is 1.46. The number of nitrogens with one attached hydrogen (secondary N) is 1. The predicted octanol–water partition coefficient (Wildman–Crippen LogP) is 3.38. The molecule has 0 amide bonds. The summed E-state index contributed by atoms with van der Waals surface area (Å²) in [5, 5.41) is 3.17. The van der Waals surface area contributed by atoms with E-state index in [9.17, 15) is 13.2 Å². The normalized spacial score (nSPS) is 11.8. The Hall–Kier alpha value is -1.43. The topological polar surface area (TPSA) is 30.5 Å². The summed E-state index contributed by atoms with van der Waals surface area (Å²) in [5.74, 6) is 1.13. The Morgan fingerprint density at radius 1 is 1.25 bits per heavy atom. The van der Waals surface area contributed by atoms with Crippen molar-refractivity contribution in [2.45, 2.75) is 26.6 Å². The van der Waals surface area contributed by atoms with Gasteiger partial charge in [-0.05, 0) is 18.5 Å². The molecule has 6 heteroatoms. The number of alkyl halides is 3. The molecule has 0 aromatic heterocycles. The molecule has 0 aliphatic carbocycles. The largest absolute Gasteiger partial charge is 0.497 e. The fraction of sp³-hybridized carbons (Fsp3) is 0.571. The van der Waals surface area contributed by atoms with Crippen LogP contribution in [0.25, 0.3) is 0 Å². The first-order valence-corrected chi connectivity index (χ1v) is 6.39. The van der Waals surface area contributed by atoms with Crippen LogP contribution in [0.1, 0.15) is 19.4 Å². The van der Waals surface area contributed by atoms with Gasteiger partial charge in [0.2, 0.25) is 0 Å². The van der Waals surface area contributed by atoms with Gasteiger partial charge in [0.1, 0.15) is 11.5 Å². The average molecular weight is 291 g/mol. The molecule has 0 saturated heterocycles. The van der Waals surface area contributed by atoms with Gasteiger partial charge in [-0.1, -0.05) is 19.9 Å². The molecule has 0 radical (unpaired) electrons. The molecule has 0 bridgehead atoms. The number of rotatable bonds is 7. The highest BCUT2D eigenvalue weighted by molar-refractivity contribution is 5.40. The van der Waals surface area contributed by atoms with Gasteiger partial charge in [0.15, 0.2) is 6.61 Å². The molecule has 1 aromatic carbocycles. The molecule has 0 atom stereocenters. The minimum atomic E-state index is -4.36. The van der Waals surface area contributed by atoms with E-state index < -0.39 is 12.8 Å². The smallest absolute Gasteiger partial charge is 0.422 e. The lowest BCUT2D eigenvalue weighted by atomic mass is 10.1. The van der Waals surface area contributed by atoms with Crippen molar-refractivity contribution in [1.29, 1.82) is 0 Å². The second kappa shape index (κ2) is 7.38. The lowest BCUT2D eigenvalue weighted by Crippen LogP contribution is -2.22. The van der Waals surface area contributed by atoms with Gasteiger partial charge in [-0.2, -0.15) is 13.2 Å². The quantitative estimate of drug-likeness (QED) is 0.835. The molecule has 1 N–H and O–H groups in total. The Bertz CT molecular complexity index is 419. The maximum Gasteiger partial charge on any atom is 0.422 e. The van der Waals surface area contributed by atoms with Crippen molar-refractivity contribution in [3.8, 4) is 11.5 Å². The lowest BCUT2D eigenvalue weighted by molar-refractivity contribution is -0.153. The summed E-state index contributed by atoms with van der Waals surface area (Å²) in [6.07, 6.45) is -4.36. The van der Waals surface area contributed by atoms with E-state index in [-0.39, 0.29) is 5.75 Å². The van der Waals surface area contributed by atoms with Crippen LogP contribution in [0.4, 0.5) is 13.2 Å². The van der Waals surface area contributed by atoms with E-state index in [2.05, 4.69) is 19.2 Å². The van der Waals surface area contributed by atoms with Crippen molar-refractivity contribution in [2.75, 3.05) is 20.3 Å². The number of methoxy groups -OCH3 is 1. The summed E-state index contributed by atoms with van der Waals surface area (Å²) >= 11 is 0. The highest BCUT2D eigenvalue weighted by Crippen LogP contribution is 2.27. The van der Waals surface area contributed by atoms with Gasteiger partial charge in [0.25, 0.3) is 0 Å². The van der Waals surface area contributed by atoms with Gasteiger partial charge < -0.3 is 14.8 Å². The standard InChI is InChI=1S/C14H20F3NO2/c1-10(2)7-18-8-11-4-5-12(19-3)6-13(11)20-9-14(15,16)17/h4-6,10,18H,7-9H2,1-3H3. The average Bonchev–Trinajstić information content (AvgIpc) is 2.36. The first-order chi connectivity index (χ1) is 9.31. The van der Waals surface area contributed by atoms with Crippen LogP contribution in [0.15, 0.2) is 18.2 Å². The first kappa shape index (κ1) is 16.6. The Labute approximate surface area is 117 Å². The third-order valence-electron chi connectivity index (χ3n) is 2.53. The van der Waals surface area contributed by atoms with Gasteiger partial charge >= 0.3 is 6.18 Å². The molecule has 114 valence electrons. The minimum Gasteiger partial charge on any atom is -0.497 e. The van der Waals surface area contributed by atoms with Crippen molar-refractivity contribution in [3.05, 3.63) is 23.8 Å². The molecule has 0 heterocycles. The molecular formula is C14H20F3NO2. The van der Waals surface area contributed by atoms with Gasteiger partial charge in [-0.25, -0.2) is 0 Å². The van der Waals surface area contributed by atoms with E-state index in [0.717, 1.165) is 6.54 Å². The zero-order chi connectivity index (χ0) is 15.2. The summed E-state index contributed by atoms with van der Waals surface area (Å²) in [6, 6.07) is 4.88. The van der Waals surface area contributed by atoms with Gasteiger partial charge in [0.05, 0.1) is 7.11 Å². The van der Waals surface area contributed by atoms with Crippen molar-refractivity contribution >= 4 is 0 Å². The summed E-state index contributed by atoms with van der Waals surface area (Å²) in [5.41, 5.74) is 0.677. The molecule has 0 aliphatic heterocycles. The number of ether oxygens (including phenoxy) is 2. The number of halogens is 3. The Morgan fingerprint density at radius 3 is 2.50 bits per heavy atom. The van der Waals surface area contributed by atoms with Crippen molar-refractivity contribution in [1.82, 2.24) is 5.32 Å². The van der Waals surface area contributed by atoms with Gasteiger partial charge in [0, 0.05) is 18.2 Å². The fourth-order valence-electron chi connectivity index (χ4n) is 1.60. The van der Waals surface area contributed by atoms with Crippen LogP contribution in [-0.4, -0.2) is 26.4 Å². The number of hydrogen-bond donors (Lipinski definition) is 1. The van der Waals surface area contributed by atoms with Crippen LogP contribution in [-0.2, 0) is 6.54 Å². The van der Waals surface area contributed by atoms with Crippen LogP contribution in [0.2, 0.25) is 0 Å². The van der Waals surface area contributed by atoms with E-state index in [0.29, 0.717) is 23.8 Å². The summed E-state index contributed by atoms with van der Waals surface area (Å²) < 4.78 is 46.6. The number of hydrogen-bond acceptors (Lipinski definition) is 3. The number of benzene rings is 1. The maximum atomic E-state index is 12.2. The third kappa shape index (κ3) is 6.14. The Morgan fingerprint density at radius 2 is 1.95 bits per heavy atom. The monoisotopic (exact) mass is 291 g/mol.